The standard InChI is InChI=1S/C15H20Br2N4/c1-3-10(2)21-5-4-14(20-21)9-15(19-18)11-6-12(16)8-13(17)7-11/h4-8,10,15,19H,3,9,18H2,1-2H3. The molecular formula is C15H20Br2N4. The summed E-state index contributed by atoms with van der Waals surface area (Å²) in [5, 5.41) is 4.64. The van der Waals surface area contributed by atoms with Gasteiger partial charge in [-0.25, -0.2) is 0 Å². The van der Waals surface area contributed by atoms with Crippen molar-refractivity contribution in [1.29, 1.82) is 0 Å². The van der Waals surface area contributed by atoms with Gasteiger partial charge in [-0.15, -0.1) is 0 Å². The van der Waals surface area contributed by atoms with E-state index in [1.54, 1.807) is 0 Å². The highest BCUT2D eigenvalue weighted by molar-refractivity contribution is 9.11. The molecule has 2 aromatic rings. The Morgan fingerprint density at radius 3 is 2.52 bits per heavy atom. The summed E-state index contributed by atoms with van der Waals surface area (Å²) < 4.78 is 4.06. The molecular weight excluding hydrogens is 396 g/mol. The third kappa shape index (κ3) is 4.39. The number of nitrogens with two attached hydrogens (primary N) is 1. The Morgan fingerprint density at radius 1 is 1.29 bits per heavy atom. The van der Waals surface area contributed by atoms with Crippen molar-refractivity contribution < 1.29 is 0 Å². The van der Waals surface area contributed by atoms with Gasteiger partial charge in [0.15, 0.2) is 0 Å². The number of aromatic nitrogens is 2. The van der Waals surface area contributed by atoms with Gasteiger partial charge in [-0.05, 0) is 43.2 Å². The molecule has 1 heterocycles. The van der Waals surface area contributed by atoms with Crippen LogP contribution in [0.1, 0.15) is 43.6 Å². The monoisotopic (exact) mass is 414 g/mol. The molecule has 1 aromatic heterocycles. The highest BCUT2D eigenvalue weighted by atomic mass is 79.9. The molecule has 0 amide bonds. The van der Waals surface area contributed by atoms with E-state index < -0.39 is 0 Å². The van der Waals surface area contributed by atoms with E-state index in [2.05, 4.69) is 74.4 Å². The minimum absolute atomic E-state index is 0.0269. The Kier molecular flexibility index (Phi) is 5.98. The van der Waals surface area contributed by atoms with Crippen molar-refractivity contribution in [2.45, 2.75) is 38.8 Å². The summed E-state index contributed by atoms with van der Waals surface area (Å²) in [6, 6.07) is 8.65. The Morgan fingerprint density at radius 2 is 1.95 bits per heavy atom. The molecule has 4 nitrogen and oxygen atoms in total. The fraction of sp³-hybridized carbons (Fsp3) is 0.400. The van der Waals surface area contributed by atoms with Gasteiger partial charge < -0.3 is 0 Å². The SMILES string of the molecule is CCC(C)n1ccc(CC(NN)c2cc(Br)cc(Br)c2)n1. The van der Waals surface area contributed by atoms with Gasteiger partial charge in [0.25, 0.3) is 0 Å². The van der Waals surface area contributed by atoms with Gasteiger partial charge in [-0.1, -0.05) is 38.8 Å². The van der Waals surface area contributed by atoms with Crippen molar-refractivity contribution in [3.05, 3.63) is 50.7 Å². The highest BCUT2D eigenvalue weighted by Crippen LogP contribution is 2.26. The lowest BCUT2D eigenvalue weighted by molar-refractivity contribution is 0.467. The van der Waals surface area contributed by atoms with Crippen molar-refractivity contribution >= 4 is 31.9 Å². The lowest BCUT2D eigenvalue weighted by atomic mass is 10.0. The van der Waals surface area contributed by atoms with Gasteiger partial charge in [0.2, 0.25) is 0 Å². The molecule has 2 rings (SSSR count). The quantitative estimate of drug-likeness (QED) is 0.550. The van der Waals surface area contributed by atoms with Crippen LogP contribution in [0.2, 0.25) is 0 Å². The summed E-state index contributed by atoms with van der Waals surface area (Å²) in [6.45, 7) is 4.33. The van der Waals surface area contributed by atoms with Crippen LogP contribution in [0.25, 0.3) is 0 Å². The Labute approximate surface area is 142 Å². The zero-order chi connectivity index (χ0) is 15.4. The summed E-state index contributed by atoms with van der Waals surface area (Å²) in [7, 11) is 0. The highest BCUT2D eigenvalue weighted by Gasteiger charge is 2.14. The number of benzene rings is 1. The van der Waals surface area contributed by atoms with E-state index >= 15 is 0 Å². The second-order valence-corrected chi connectivity index (χ2v) is 7.00. The Balaban J connectivity index is 2.17. The molecule has 2 atom stereocenters. The minimum atomic E-state index is 0.0269. The second kappa shape index (κ2) is 7.54. The minimum Gasteiger partial charge on any atom is -0.271 e. The average Bonchev–Trinajstić information content (AvgIpc) is 2.91. The molecule has 0 spiro atoms. The van der Waals surface area contributed by atoms with Crippen LogP contribution in [0.4, 0.5) is 0 Å². The summed E-state index contributed by atoms with van der Waals surface area (Å²) in [6.07, 6.45) is 3.86. The van der Waals surface area contributed by atoms with E-state index in [-0.39, 0.29) is 6.04 Å². The largest absolute Gasteiger partial charge is 0.271 e. The van der Waals surface area contributed by atoms with E-state index in [1.165, 1.54) is 0 Å². The fourth-order valence-corrected chi connectivity index (χ4v) is 3.51. The molecule has 0 aliphatic rings. The molecule has 0 saturated heterocycles. The van der Waals surface area contributed by atoms with Gasteiger partial charge in [0, 0.05) is 27.6 Å². The van der Waals surface area contributed by atoms with Crippen LogP contribution < -0.4 is 11.3 Å². The van der Waals surface area contributed by atoms with Crippen molar-refractivity contribution in [2.24, 2.45) is 5.84 Å². The predicted octanol–water partition coefficient (Wildman–Crippen LogP) is 4.13. The zero-order valence-corrected chi connectivity index (χ0v) is 15.4. The Bertz CT molecular complexity index is 577. The zero-order valence-electron chi connectivity index (χ0n) is 12.2. The van der Waals surface area contributed by atoms with E-state index in [0.717, 1.165) is 33.0 Å². The van der Waals surface area contributed by atoms with Gasteiger partial charge in [0.1, 0.15) is 0 Å². The first-order valence-electron chi connectivity index (χ1n) is 6.99. The molecule has 114 valence electrons. The molecule has 6 heteroatoms. The summed E-state index contributed by atoms with van der Waals surface area (Å²) in [4.78, 5) is 0. The third-order valence-corrected chi connectivity index (χ3v) is 4.52. The number of rotatable bonds is 6. The molecule has 21 heavy (non-hydrogen) atoms. The predicted molar refractivity (Wildman–Crippen MR) is 92.8 cm³/mol. The van der Waals surface area contributed by atoms with Crippen LogP contribution in [0.15, 0.2) is 39.4 Å². The maximum absolute atomic E-state index is 5.73. The molecule has 0 bridgehead atoms. The van der Waals surface area contributed by atoms with Crippen LogP contribution in [0, 0.1) is 0 Å². The lowest BCUT2D eigenvalue weighted by Crippen LogP contribution is -2.29. The average molecular weight is 416 g/mol. The van der Waals surface area contributed by atoms with Gasteiger partial charge in [-0.3, -0.25) is 16.0 Å². The second-order valence-electron chi connectivity index (χ2n) is 5.17. The van der Waals surface area contributed by atoms with Gasteiger partial charge >= 0.3 is 0 Å². The third-order valence-electron chi connectivity index (χ3n) is 3.61. The smallest absolute Gasteiger partial charge is 0.0644 e. The summed E-state index contributed by atoms with van der Waals surface area (Å²) >= 11 is 7.02. The van der Waals surface area contributed by atoms with Crippen molar-refractivity contribution in [1.82, 2.24) is 15.2 Å². The van der Waals surface area contributed by atoms with E-state index in [9.17, 15) is 0 Å². The first-order chi connectivity index (χ1) is 10.0. The molecule has 2 unspecified atom stereocenters. The van der Waals surface area contributed by atoms with Crippen LogP contribution in [-0.4, -0.2) is 9.78 Å². The van der Waals surface area contributed by atoms with Crippen LogP contribution in [0.5, 0.6) is 0 Å². The summed E-state index contributed by atoms with van der Waals surface area (Å²) in [5.41, 5.74) is 5.04. The van der Waals surface area contributed by atoms with Crippen LogP contribution in [-0.2, 0) is 6.42 Å². The molecule has 0 aliphatic heterocycles. The maximum Gasteiger partial charge on any atom is 0.0644 e. The van der Waals surface area contributed by atoms with Crippen molar-refractivity contribution in [3.8, 4) is 0 Å². The number of hydrogen-bond acceptors (Lipinski definition) is 3. The number of nitrogens with one attached hydrogen (secondary N) is 1. The van der Waals surface area contributed by atoms with Crippen molar-refractivity contribution in [2.75, 3.05) is 0 Å². The van der Waals surface area contributed by atoms with Crippen LogP contribution >= 0.6 is 31.9 Å². The number of hydrogen-bond donors (Lipinski definition) is 2. The van der Waals surface area contributed by atoms with Crippen LogP contribution in [0.3, 0.4) is 0 Å². The normalized spacial score (nSPS) is 14.1. The van der Waals surface area contributed by atoms with E-state index in [1.807, 2.05) is 16.9 Å². The Hall–Kier alpha value is -0.690. The lowest BCUT2D eigenvalue weighted by Gasteiger charge is -2.16. The van der Waals surface area contributed by atoms with Gasteiger partial charge in [-0.2, -0.15) is 5.10 Å². The first-order valence-corrected chi connectivity index (χ1v) is 8.58. The topological polar surface area (TPSA) is 55.9 Å². The fourth-order valence-electron chi connectivity index (χ4n) is 2.18. The first kappa shape index (κ1) is 16.7. The van der Waals surface area contributed by atoms with E-state index in [4.69, 9.17) is 5.84 Å². The number of halogens is 2. The number of nitrogens with zero attached hydrogens (tertiary/aromatic N) is 2. The number of hydrazine groups is 1. The molecule has 0 fully saturated rings. The van der Waals surface area contributed by atoms with Crippen molar-refractivity contribution in [3.63, 3.8) is 0 Å². The van der Waals surface area contributed by atoms with E-state index in [0.29, 0.717) is 6.04 Å². The summed E-state index contributed by atoms with van der Waals surface area (Å²) in [5.74, 6) is 5.73. The molecule has 3 N–H and O–H groups in total. The molecule has 0 saturated carbocycles. The van der Waals surface area contributed by atoms with Gasteiger partial charge in [0.05, 0.1) is 11.7 Å². The maximum atomic E-state index is 5.73. The molecule has 0 radical (unpaired) electrons. The molecule has 0 aliphatic carbocycles. The molecule has 1 aromatic carbocycles.